The molecule has 0 aliphatic heterocycles. The number of pyridine rings is 1. The molecule has 0 spiro atoms. The first-order chi connectivity index (χ1) is 8.35. The van der Waals surface area contributed by atoms with E-state index in [-0.39, 0.29) is 0 Å². The van der Waals surface area contributed by atoms with Crippen LogP contribution in [0.4, 0.5) is 0 Å². The number of alkyl halides is 1. The van der Waals surface area contributed by atoms with Gasteiger partial charge in [0.2, 0.25) is 0 Å². The second-order valence-electron chi connectivity index (χ2n) is 4.16. The molecule has 0 radical (unpaired) electrons. The Hall–Kier alpha value is -0.720. The van der Waals surface area contributed by atoms with E-state index in [0.717, 1.165) is 35.6 Å². The molecule has 0 unspecified atom stereocenters. The van der Waals surface area contributed by atoms with Crippen LogP contribution in [0.2, 0.25) is 0 Å². The fraction of sp³-hybridized carbons (Fsp3) is 0.538. The average Bonchev–Trinajstić information content (AvgIpc) is 2.38. The van der Waals surface area contributed by atoms with E-state index in [4.69, 9.17) is 16.9 Å². The summed E-state index contributed by atoms with van der Waals surface area (Å²) in [7, 11) is 0. The number of hydrogen-bond acceptors (Lipinski definition) is 3. The first-order valence-corrected chi connectivity index (χ1v) is 7.49. The Bertz CT molecular complexity index is 440. The predicted octanol–water partition coefficient (Wildman–Crippen LogP) is 3.55. The van der Waals surface area contributed by atoms with Gasteiger partial charge in [0, 0.05) is 17.3 Å². The van der Waals surface area contributed by atoms with E-state index in [1.54, 1.807) is 11.8 Å². The van der Waals surface area contributed by atoms with E-state index in [0.29, 0.717) is 5.88 Å². The van der Waals surface area contributed by atoms with Crippen LogP contribution in [-0.4, -0.2) is 16.6 Å². The Morgan fingerprint density at radius 2 is 2.24 bits per heavy atom. The highest BCUT2D eigenvalue weighted by atomic mass is 35.5. The van der Waals surface area contributed by atoms with E-state index >= 15 is 0 Å². The normalized spacial score (nSPS) is 14.1. The summed E-state index contributed by atoms with van der Waals surface area (Å²) < 4.78 is 0. The maximum absolute atomic E-state index is 9.15. The summed E-state index contributed by atoms with van der Waals surface area (Å²) in [5.41, 5.74) is 3.20. The highest BCUT2D eigenvalue weighted by Gasteiger charge is 2.15. The minimum absolute atomic E-state index is 0.666. The van der Waals surface area contributed by atoms with Gasteiger partial charge in [0.25, 0.3) is 0 Å². The zero-order valence-corrected chi connectivity index (χ0v) is 11.3. The molecule has 2 nitrogen and oxygen atoms in total. The Kier molecular flexibility index (Phi) is 4.70. The molecular weight excluding hydrogens is 252 g/mol. The van der Waals surface area contributed by atoms with E-state index in [1.807, 2.05) is 6.07 Å². The van der Waals surface area contributed by atoms with Crippen molar-refractivity contribution < 1.29 is 0 Å². The number of nitrogens with zero attached hydrogens (tertiary/aromatic N) is 2. The quantitative estimate of drug-likeness (QED) is 0.475. The minimum atomic E-state index is 0.666. The fourth-order valence-corrected chi connectivity index (χ4v) is 3.24. The number of halogens is 1. The van der Waals surface area contributed by atoms with E-state index in [9.17, 15) is 0 Å². The van der Waals surface area contributed by atoms with Crippen molar-refractivity contribution in [2.24, 2.45) is 0 Å². The summed E-state index contributed by atoms with van der Waals surface area (Å²) in [6, 6.07) is 4.29. The molecule has 0 aromatic carbocycles. The lowest BCUT2D eigenvalue weighted by Gasteiger charge is -2.16. The molecule has 1 aliphatic rings. The second kappa shape index (κ2) is 6.28. The van der Waals surface area contributed by atoms with Crippen molar-refractivity contribution in [1.82, 2.24) is 4.98 Å². The Labute approximate surface area is 111 Å². The summed E-state index contributed by atoms with van der Waals surface area (Å²) in [6.07, 6.45) is 5.53. The van der Waals surface area contributed by atoms with Gasteiger partial charge in [-0.1, -0.05) is 0 Å². The molecule has 2 rings (SSSR count). The average molecular weight is 267 g/mol. The van der Waals surface area contributed by atoms with Gasteiger partial charge in [-0.15, -0.1) is 23.4 Å². The Balaban J connectivity index is 2.21. The van der Waals surface area contributed by atoms with Gasteiger partial charge in [-0.25, -0.2) is 4.98 Å². The molecule has 0 saturated heterocycles. The van der Waals surface area contributed by atoms with Crippen LogP contribution >= 0.6 is 23.4 Å². The van der Waals surface area contributed by atoms with Gasteiger partial charge < -0.3 is 0 Å². The molecule has 17 heavy (non-hydrogen) atoms. The summed E-state index contributed by atoms with van der Waals surface area (Å²) in [5, 5.41) is 10.0. The smallest absolute Gasteiger partial charge is 0.114 e. The van der Waals surface area contributed by atoms with Crippen LogP contribution in [0.3, 0.4) is 0 Å². The van der Waals surface area contributed by atoms with Crippen molar-refractivity contribution in [3.8, 4) is 6.07 Å². The van der Waals surface area contributed by atoms with Crippen molar-refractivity contribution in [3.63, 3.8) is 0 Å². The molecule has 0 saturated carbocycles. The van der Waals surface area contributed by atoms with Gasteiger partial charge >= 0.3 is 0 Å². The van der Waals surface area contributed by atoms with Crippen molar-refractivity contribution >= 4 is 23.4 Å². The number of nitriles is 1. The number of hydrogen-bond donors (Lipinski definition) is 0. The standard InChI is InChI=1S/C13H15ClN2S/c14-6-3-7-17-13-11(9-15)8-10-4-1-2-5-12(10)16-13/h8H,1-7H2. The molecule has 0 bridgehead atoms. The molecule has 0 amide bonds. The number of fused-ring (bicyclic) bond motifs is 1. The molecular formula is C13H15ClN2S. The lowest BCUT2D eigenvalue weighted by Crippen LogP contribution is -2.07. The lowest BCUT2D eigenvalue weighted by molar-refractivity contribution is 0.660. The molecule has 0 N–H and O–H groups in total. The lowest BCUT2D eigenvalue weighted by atomic mass is 9.95. The molecule has 4 heteroatoms. The molecule has 1 aliphatic carbocycles. The van der Waals surface area contributed by atoms with Crippen LogP contribution in [0.25, 0.3) is 0 Å². The summed E-state index contributed by atoms with van der Waals surface area (Å²) in [4.78, 5) is 4.65. The van der Waals surface area contributed by atoms with Crippen molar-refractivity contribution in [2.45, 2.75) is 37.1 Å². The number of thioether (sulfide) groups is 1. The Morgan fingerprint density at radius 3 is 3.00 bits per heavy atom. The predicted molar refractivity (Wildman–Crippen MR) is 71.7 cm³/mol. The van der Waals surface area contributed by atoms with Gasteiger partial charge in [-0.2, -0.15) is 5.26 Å². The monoisotopic (exact) mass is 266 g/mol. The maximum Gasteiger partial charge on any atom is 0.114 e. The van der Waals surface area contributed by atoms with Crippen LogP contribution in [0.15, 0.2) is 11.1 Å². The van der Waals surface area contributed by atoms with Gasteiger partial charge in [-0.05, 0) is 43.7 Å². The summed E-state index contributed by atoms with van der Waals surface area (Å²) in [6.45, 7) is 0. The Morgan fingerprint density at radius 1 is 1.41 bits per heavy atom. The highest BCUT2D eigenvalue weighted by Crippen LogP contribution is 2.27. The molecule has 0 atom stereocenters. The summed E-state index contributed by atoms with van der Waals surface area (Å²) >= 11 is 7.31. The zero-order valence-electron chi connectivity index (χ0n) is 9.71. The number of aryl methyl sites for hydroxylation is 2. The molecule has 1 heterocycles. The molecule has 1 aromatic rings. The SMILES string of the molecule is N#Cc1cc2c(nc1SCCCCl)CCCC2. The molecule has 1 aromatic heterocycles. The maximum atomic E-state index is 9.15. The third-order valence-electron chi connectivity index (χ3n) is 2.90. The van der Waals surface area contributed by atoms with Crippen molar-refractivity contribution in [3.05, 3.63) is 22.9 Å². The fourth-order valence-electron chi connectivity index (χ4n) is 2.03. The van der Waals surface area contributed by atoms with Crippen molar-refractivity contribution in [2.75, 3.05) is 11.6 Å². The van der Waals surface area contributed by atoms with Crippen LogP contribution in [-0.2, 0) is 12.8 Å². The zero-order chi connectivity index (χ0) is 12.1. The van der Waals surface area contributed by atoms with Gasteiger partial charge in [0.15, 0.2) is 0 Å². The summed E-state index contributed by atoms with van der Waals surface area (Å²) in [5.74, 6) is 1.60. The molecule has 90 valence electrons. The van der Waals surface area contributed by atoms with E-state index in [1.165, 1.54) is 24.1 Å². The molecule has 0 fully saturated rings. The third-order valence-corrected chi connectivity index (χ3v) is 4.25. The van der Waals surface area contributed by atoms with Crippen LogP contribution in [0, 0.1) is 11.3 Å². The first kappa shape index (κ1) is 12.7. The highest BCUT2D eigenvalue weighted by molar-refractivity contribution is 7.99. The largest absolute Gasteiger partial charge is 0.245 e. The third kappa shape index (κ3) is 3.14. The first-order valence-electron chi connectivity index (χ1n) is 5.97. The number of aromatic nitrogens is 1. The second-order valence-corrected chi connectivity index (χ2v) is 5.62. The minimum Gasteiger partial charge on any atom is -0.245 e. The topological polar surface area (TPSA) is 36.7 Å². The van der Waals surface area contributed by atoms with E-state index in [2.05, 4.69) is 11.1 Å². The van der Waals surface area contributed by atoms with Gasteiger partial charge in [0.1, 0.15) is 11.1 Å². The van der Waals surface area contributed by atoms with Crippen molar-refractivity contribution in [1.29, 1.82) is 5.26 Å². The van der Waals surface area contributed by atoms with Crippen LogP contribution < -0.4 is 0 Å². The van der Waals surface area contributed by atoms with Crippen LogP contribution in [0.1, 0.15) is 36.1 Å². The van der Waals surface area contributed by atoms with Gasteiger partial charge in [0.05, 0.1) is 5.56 Å². The number of rotatable bonds is 4. The van der Waals surface area contributed by atoms with Gasteiger partial charge in [-0.3, -0.25) is 0 Å². The van der Waals surface area contributed by atoms with E-state index < -0.39 is 0 Å². The van der Waals surface area contributed by atoms with Crippen LogP contribution in [0.5, 0.6) is 0 Å².